The van der Waals surface area contributed by atoms with E-state index in [0.717, 1.165) is 12.5 Å². The molecule has 1 saturated carbocycles. The molecule has 0 aliphatic heterocycles. The Bertz CT molecular complexity index is 215. The molecule has 0 aromatic carbocycles. The highest BCUT2D eigenvalue weighted by molar-refractivity contribution is 5.79. The molecule has 0 aromatic rings. The lowest BCUT2D eigenvalue weighted by molar-refractivity contribution is 0.133. The lowest BCUT2D eigenvalue weighted by Gasteiger charge is -2.37. The van der Waals surface area contributed by atoms with E-state index < -0.39 is 0 Å². The largest absolute Gasteiger partial charge is 0.387 e. The van der Waals surface area contributed by atoms with Gasteiger partial charge in [0.25, 0.3) is 0 Å². The molecule has 0 spiro atoms. The normalized spacial score (nSPS) is 29.1. The summed E-state index contributed by atoms with van der Waals surface area (Å²) in [7, 11) is 2.17. The van der Waals surface area contributed by atoms with E-state index in [9.17, 15) is 0 Å². The highest BCUT2D eigenvalue weighted by Crippen LogP contribution is 2.27. The number of hydrogen-bond donors (Lipinski definition) is 2. The first-order valence-electron chi connectivity index (χ1n) is 6.06. The van der Waals surface area contributed by atoms with Gasteiger partial charge in [0.1, 0.15) is 0 Å². The van der Waals surface area contributed by atoms with Crippen LogP contribution >= 0.6 is 0 Å². The maximum Gasteiger partial charge on any atom is 0.0947 e. The van der Waals surface area contributed by atoms with Gasteiger partial charge < -0.3 is 10.6 Å². The van der Waals surface area contributed by atoms with Crippen LogP contribution in [-0.4, -0.2) is 30.4 Å². The predicted molar refractivity (Wildman–Crippen MR) is 65.1 cm³/mol. The van der Waals surface area contributed by atoms with Crippen LogP contribution < -0.4 is 5.73 Å². The molecule has 3 unspecified atom stereocenters. The first kappa shape index (κ1) is 12.5. The van der Waals surface area contributed by atoms with Crippen molar-refractivity contribution in [1.82, 2.24) is 4.90 Å². The Kier molecular flexibility index (Phi) is 4.58. The summed E-state index contributed by atoms with van der Waals surface area (Å²) >= 11 is 0. The molecule has 0 amide bonds. The average molecular weight is 211 g/mol. The molecule has 88 valence electrons. The summed E-state index contributed by atoms with van der Waals surface area (Å²) in [5.74, 6) is 1.29. The number of nitrogens with zero attached hydrogens (tertiary/aromatic N) is 1. The Morgan fingerprint density at radius 1 is 1.47 bits per heavy atom. The van der Waals surface area contributed by atoms with E-state index in [2.05, 4.69) is 18.9 Å². The SMILES string of the molecule is CC(CN(C)C1CCCCC1C)C(=N)N. The van der Waals surface area contributed by atoms with Crippen LogP contribution in [0.5, 0.6) is 0 Å². The van der Waals surface area contributed by atoms with Crippen molar-refractivity contribution >= 4 is 5.84 Å². The zero-order valence-electron chi connectivity index (χ0n) is 10.3. The van der Waals surface area contributed by atoms with Crippen molar-refractivity contribution in [3.8, 4) is 0 Å². The van der Waals surface area contributed by atoms with E-state index in [0.29, 0.717) is 11.9 Å². The molecule has 3 atom stereocenters. The third-order valence-electron chi connectivity index (χ3n) is 3.73. The molecule has 3 heteroatoms. The predicted octanol–water partition coefficient (Wildman–Crippen LogP) is 2.07. The Morgan fingerprint density at radius 2 is 2.07 bits per heavy atom. The lowest BCUT2D eigenvalue weighted by Crippen LogP contribution is -2.43. The summed E-state index contributed by atoms with van der Waals surface area (Å²) in [6, 6.07) is 0.695. The van der Waals surface area contributed by atoms with Crippen LogP contribution in [0.25, 0.3) is 0 Å². The van der Waals surface area contributed by atoms with E-state index in [-0.39, 0.29) is 5.92 Å². The highest BCUT2D eigenvalue weighted by atomic mass is 15.1. The van der Waals surface area contributed by atoms with Gasteiger partial charge in [-0.15, -0.1) is 0 Å². The molecule has 0 heterocycles. The number of amidine groups is 1. The van der Waals surface area contributed by atoms with Gasteiger partial charge in [0.2, 0.25) is 0 Å². The summed E-state index contributed by atoms with van der Waals surface area (Å²) in [6.45, 7) is 5.30. The van der Waals surface area contributed by atoms with Crippen LogP contribution in [0.3, 0.4) is 0 Å². The fourth-order valence-electron chi connectivity index (χ4n) is 2.62. The van der Waals surface area contributed by atoms with E-state index in [1.54, 1.807) is 0 Å². The van der Waals surface area contributed by atoms with E-state index in [1.807, 2.05) is 6.92 Å². The molecule has 0 bridgehead atoms. The summed E-state index contributed by atoms with van der Waals surface area (Å²) in [6.07, 6.45) is 5.40. The maximum atomic E-state index is 7.41. The van der Waals surface area contributed by atoms with Gasteiger partial charge in [-0.25, -0.2) is 0 Å². The van der Waals surface area contributed by atoms with Crippen molar-refractivity contribution in [3.05, 3.63) is 0 Å². The van der Waals surface area contributed by atoms with Gasteiger partial charge in [0.05, 0.1) is 5.84 Å². The first-order chi connectivity index (χ1) is 7.02. The molecule has 1 rings (SSSR count). The van der Waals surface area contributed by atoms with Gasteiger partial charge in [-0.1, -0.05) is 26.7 Å². The minimum absolute atomic E-state index is 0.184. The van der Waals surface area contributed by atoms with Crippen molar-refractivity contribution < 1.29 is 0 Å². The van der Waals surface area contributed by atoms with Crippen molar-refractivity contribution in [1.29, 1.82) is 5.41 Å². The van der Waals surface area contributed by atoms with Crippen LogP contribution in [0.1, 0.15) is 39.5 Å². The Hall–Kier alpha value is -0.570. The summed E-state index contributed by atoms with van der Waals surface area (Å²) in [4.78, 5) is 2.40. The van der Waals surface area contributed by atoms with Crippen LogP contribution in [0.4, 0.5) is 0 Å². The Morgan fingerprint density at radius 3 is 2.60 bits per heavy atom. The first-order valence-corrected chi connectivity index (χ1v) is 6.06. The van der Waals surface area contributed by atoms with Crippen molar-refractivity contribution in [2.24, 2.45) is 17.6 Å². The van der Waals surface area contributed by atoms with Crippen LogP contribution in [0.15, 0.2) is 0 Å². The third-order valence-corrected chi connectivity index (χ3v) is 3.73. The van der Waals surface area contributed by atoms with Gasteiger partial charge >= 0.3 is 0 Å². The molecule has 0 saturated heterocycles. The molecule has 3 nitrogen and oxygen atoms in total. The molecule has 1 aliphatic carbocycles. The average Bonchev–Trinajstić information content (AvgIpc) is 2.18. The van der Waals surface area contributed by atoms with E-state index in [1.165, 1.54) is 25.7 Å². The molecular weight excluding hydrogens is 186 g/mol. The second-order valence-electron chi connectivity index (χ2n) is 5.13. The third kappa shape index (κ3) is 3.49. The summed E-state index contributed by atoms with van der Waals surface area (Å²) in [5.41, 5.74) is 5.51. The number of hydrogen-bond acceptors (Lipinski definition) is 2. The standard InChI is InChI=1S/C12H25N3/c1-9-6-4-5-7-11(9)15(3)8-10(2)12(13)14/h9-11H,4-8H2,1-3H3,(H3,13,14). The molecule has 3 N–H and O–H groups in total. The fraction of sp³-hybridized carbons (Fsp3) is 0.917. The van der Waals surface area contributed by atoms with Gasteiger partial charge in [-0.2, -0.15) is 0 Å². The van der Waals surface area contributed by atoms with E-state index in [4.69, 9.17) is 11.1 Å². The Balaban J connectivity index is 2.44. The lowest BCUT2D eigenvalue weighted by atomic mass is 9.85. The molecule has 1 fully saturated rings. The monoisotopic (exact) mass is 211 g/mol. The molecule has 15 heavy (non-hydrogen) atoms. The van der Waals surface area contributed by atoms with Crippen molar-refractivity contribution in [2.45, 2.75) is 45.6 Å². The summed E-state index contributed by atoms with van der Waals surface area (Å²) < 4.78 is 0. The highest BCUT2D eigenvalue weighted by Gasteiger charge is 2.25. The van der Waals surface area contributed by atoms with Gasteiger partial charge in [-0.05, 0) is 25.8 Å². The van der Waals surface area contributed by atoms with Crippen LogP contribution in [-0.2, 0) is 0 Å². The van der Waals surface area contributed by atoms with Gasteiger partial charge in [0, 0.05) is 18.5 Å². The van der Waals surface area contributed by atoms with Crippen molar-refractivity contribution in [2.75, 3.05) is 13.6 Å². The number of nitrogens with two attached hydrogens (primary N) is 1. The Labute approximate surface area is 93.5 Å². The van der Waals surface area contributed by atoms with E-state index >= 15 is 0 Å². The van der Waals surface area contributed by atoms with Gasteiger partial charge in [0.15, 0.2) is 0 Å². The smallest absolute Gasteiger partial charge is 0.0947 e. The number of rotatable bonds is 4. The zero-order chi connectivity index (χ0) is 11.4. The second-order valence-corrected chi connectivity index (χ2v) is 5.13. The van der Waals surface area contributed by atoms with Gasteiger partial charge in [-0.3, -0.25) is 5.41 Å². The fourth-order valence-corrected chi connectivity index (χ4v) is 2.62. The molecule has 0 radical (unpaired) electrons. The minimum Gasteiger partial charge on any atom is -0.387 e. The maximum absolute atomic E-state index is 7.41. The molecule has 1 aliphatic rings. The molecular formula is C12H25N3. The van der Waals surface area contributed by atoms with Crippen LogP contribution in [0.2, 0.25) is 0 Å². The minimum atomic E-state index is 0.184. The topological polar surface area (TPSA) is 53.1 Å². The molecule has 0 aromatic heterocycles. The second kappa shape index (κ2) is 5.50. The van der Waals surface area contributed by atoms with Crippen molar-refractivity contribution in [3.63, 3.8) is 0 Å². The zero-order valence-corrected chi connectivity index (χ0v) is 10.3. The number of nitrogens with one attached hydrogen (secondary N) is 1. The quantitative estimate of drug-likeness (QED) is 0.552. The van der Waals surface area contributed by atoms with Crippen LogP contribution in [0, 0.1) is 17.2 Å². The summed E-state index contributed by atoms with van der Waals surface area (Å²) in [5, 5.41) is 7.41.